The minimum atomic E-state index is 0.658. The highest BCUT2D eigenvalue weighted by atomic mass is 32.2. The molecule has 0 radical (unpaired) electrons. The molecule has 1 fully saturated rings. The number of amidine groups is 1. The fraction of sp³-hybridized carbons (Fsp3) is 0.909. The lowest BCUT2D eigenvalue weighted by molar-refractivity contribution is 0.427. The molecule has 3 atom stereocenters. The van der Waals surface area contributed by atoms with E-state index >= 15 is 0 Å². The molecule has 0 saturated heterocycles. The third-order valence-corrected chi connectivity index (χ3v) is 5.31. The van der Waals surface area contributed by atoms with Gasteiger partial charge in [0.25, 0.3) is 0 Å². The first-order chi connectivity index (χ1) is 7.29. The third kappa shape index (κ3) is 3.06. The van der Waals surface area contributed by atoms with E-state index in [1.807, 2.05) is 23.5 Å². The Balaban J connectivity index is 1.86. The van der Waals surface area contributed by atoms with Crippen molar-refractivity contribution in [1.29, 1.82) is 0 Å². The van der Waals surface area contributed by atoms with Gasteiger partial charge in [0.1, 0.15) is 0 Å². The molecule has 1 aliphatic carbocycles. The van der Waals surface area contributed by atoms with E-state index in [0.29, 0.717) is 11.3 Å². The van der Waals surface area contributed by atoms with Gasteiger partial charge in [0.15, 0.2) is 5.17 Å². The van der Waals surface area contributed by atoms with Crippen molar-refractivity contribution in [3.8, 4) is 0 Å². The lowest BCUT2D eigenvalue weighted by Gasteiger charge is -2.31. The monoisotopic (exact) mass is 244 g/mol. The molecule has 1 N–H and O–H groups in total. The first kappa shape index (κ1) is 11.6. The number of hydrogen-bond donors (Lipinski definition) is 1. The van der Waals surface area contributed by atoms with Crippen LogP contribution in [0.2, 0.25) is 0 Å². The van der Waals surface area contributed by atoms with E-state index in [9.17, 15) is 0 Å². The fourth-order valence-corrected chi connectivity index (χ4v) is 4.09. The summed E-state index contributed by atoms with van der Waals surface area (Å²) in [6.07, 6.45) is 7.70. The fourth-order valence-electron chi connectivity index (χ4n) is 2.26. The number of hydrogen-bond acceptors (Lipinski definition) is 4. The Labute approximate surface area is 101 Å². The van der Waals surface area contributed by atoms with Crippen molar-refractivity contribution in [1.82, 2.24) is 5.32 Å². The molecule has 4 heteroatoms. The summed E-state index contributed by atoms with van der Waals surface area (Å²) in [7, 11) is 0. The van der Waals surface area contributed by atoms with Crippen LogP contribution in [0.15, 0.2) is 4.99 Å². The van der Waals surface area contributed by atoms with Crippen molar-refractivity contribution in [3.05, 3.63) is 0 Å². The van der Waals surface area contributed by atoms with Crippen molar-refractivity contribution in [2.75, 3.05) is 12.8 Å². The minimum absolute atomic E-state index is 0.658. The molecule has 3 unspecified atom stereocenters. The van der Waals surface area contributed by atoms with E-state index < -0.39 is 0 Å². The Bertz CT molecular complexity index is 243. The van der Waals surface area contributed by atoms with E-state index in [-0.39, 0.29) is 0 Å². The average Bonchev–Trinajstić information content (AvgIpc) is 2.65. The zero-order valence-electron chi connectivity index (χ0n) is 9.53. The summed E-state index contributed by atoms with van der Waals surface area (Å²) in [5.74, 6) is 0. The van der Waals surface area contributed by atoms with E-state index in [2.05, 4.69) is 23.5 Å². The van der Waals surface area contributed by atoms with Gasteiger partial charge in [0.05, 0.1) is 6.54 Å². The largest absolute Gasteiger partial charge is 0.361 e. The van der Waals surface area contributed by atoms with Crippen LogP contribution < -0.4 is 5.32 Å². The molecule has 2 rings (SSSR count). The maximum absolute atomic E-state index is 4.54. The second-order valence-electron chi connectivity index (χ2n) is 4.38. The van der Waals surface area contributed by atoms with E-state index in [0.717, 1.165) is 11.8 Å². The van der Waals surface area contributed by atoms with Crippen molar-refractivity contribution >= 4 is 28.7 Å². The van der Waals surface area contributed by atoms with Crippen LogP contribution in [0.4, 0.5) is 0 Å². The smallest absolute Gasteiger partial charge is 0.157 e. The summed E-state index contributed by atoms with van der Waals surface area (Å²) in [6.45, 7) is 3.24. The van der Waals surface area contributed by atoms with Gasteiger partial charge >= 0.3 is 0 Å². The second kappa shape index (κ2) is 5.48. The molecule has 0 aromatic rings. The lowest BCUT2D eigenvalue weighted by Crippen LogP contribution is -2.42. The van der Waals surface area contributed by atoms with Crippen LogP contribution >= 0.6 is 23.5 Å². The second-order valence-corrected chi connectivity index (χ2v) is 6.89. The Morgan fingerprint density at radius 3 is 2.87 bits per heavy atom. The van der Waals surface area contributed by atoms with Crippen molar-refractivity contribution in [2.45, 2.75) is 49.1 Å². The quantitative estimate of drug-likeness (QED) is 0.808. The number of nitrogens with zero attached hydrogens (tertiary/aromatic N) is 1. The van der Waals surface area contributed by atoms with Crippen LogP contribution in [0.1, 0.15) is 32.6 Å². The van der Waals surface area contributed by atoms with Gasteiger partial charge in [-0.15, -0.1) is 0 Å². The van der Waals surface area contributed by atoms with Gasteiger partial charge in [-0.05, 0) is 19.1 Å². The molecule has 2 aliphatic rings. The normalized spacial score (nSPS) is 36.4. The third-order valence-electron chi connectivity index (χ3n) is 3.12. The minimum Gasteiger partial charge on any atom is -0.361 e. The molecule has 1 heterocycles. The van der Waals surface area contributed by atoms with Crippen molar-refractivity contribution in [2.24, 2.45) is 4.99 Å². The molecule has 1 saturated carbocycles. The molecule has 0 amide bonds. The van der Waals surface area contributed by atoms with Gasteiger partial charge in [0, 0.05) is 16.5 Å². The Kier molecular flexibility index (Phi) is 4.26. The maximum atomic E-state index is 4.54. The predicted octanol–water partition coefficient (Wildman–Crippen LogP) is 2.74. The molecule has 2 nitrogen and oxygen atoms in total. The van der Waals surface area contributed by atoms with Gasteiger partial charge in [-0.25, -0.2) is 0 Å². The van der Waals surface area contributed by atoms with Gasteiger partial charge in [0.2, 0.25) is 0 Å². The highest BCUT2D eigenvalue weighted by Gasteiger charge is 2.26. The van der Waals surface area contributed by atoms with Gasteiger partial charge in [-0.2, -0.15) is 11.8 Å². The Morgan fingerprint density at radius 1 is 1.40 bits per heavy atom. The van der Waals surface area contributed by atoms with Crippen molar-refractivity contribution < 1.29 is 0 Å². The summed E-state index contributed by atoms with van der Waals surface area (Å²) in [5, 5.41) is 6.29. The van der Waals surface area contributed by atoms with Crippen LogP contribution in [-0.4, -0.2) is 34.5 Å². The van der Waals surface area contributed by atoms with E-state index in [4.69, 9.17) is 0 Å². The molecule has 0 aromatic carbocycles. The highest BCUT2D eigenvalue weighted by Crippen LogP contribution is 2.28. The molecule has 1 aliphatic heterocycles. The zero-order chi connectivity index (χ0) is 10.7. The van der Waals surface area contributed by atoms with Crippen molar-refractivity contribution in [3.63, 3.8) is 0 Å². The van der Waals surface area contributed by atoms with E-state index in [1.165, 1.54) is 30.9 Å². The van der Waals surface area contributed by atoms with Crippen LogP contribution in [0.5, 0.6) is 0 Å². The van der Waals surface area contributed by atoms with Crippen LogP contribution in [0.25, 0.3) is 0 Å². The molecule has 0 spiro atoms. The summed E-state index contributed by atoms with van der Waals surface area (Å²) in [4.78, 5) is 4.54. The summed E-state index contributed by atoms with van der Waals surface area (Å²) < 4.78 is 0. The standard InChI is InChI=1S/C11H20N2S2/c1-8-7-12-11(15-8)13-9-5-3-4-6-10(9)14-2/h8-10H,3-7H2,1-2H3,(H,12,13). The summed E-state index contributed by atoms with van der Waals surface area (Å²) in [6, 6.07) is 0.658. The van der Waals surface area contributed by atoms with Crippen LogP contribution in [-0.2, 0) is 0 Å². The summed E-state index contributed by atoms with van der Waals surface area (Å²) in [5.41, 5.74) is 0. The van der Waals surface area contributed by atoms with Gasteiger partial charge < -0.3 is 5.32 Å². The number of thioether (sulfide) groups is 2. The number of aliphatic imine (C=N–C) groups is 1. The van der Waals surface area contributed by atoms with Gasteiger partial charge in [-0.1, -0.05) is 31.5 Å². The van der Waals surface area contributed by atoms with Gasteiger partial charge in [-0.3, -0.25) is 4.99 Å². The topological polar surface area (TPSA) is 24.4 Å². The molecular weight excluding hydrogens is 224 g/mol. The highest BCUT2D eigenvalue weighted by molar-refractivity contribution is 8.14. The SMILES string of the molecule is CSC1CCCCC1NC1=NCC(C)S1. The van der Waals surface area contributed by atoms with Crippen LogP contribution in [0, 0.1) is 0 Å². The molecular formula is C11H20N2S2. The molecule has 15 heavy (non-hydrogen) atoms. The number of nitrogens with one attached hydrogen (secondary N) is 1. The molecule has 86 valence electrons. The summed E-state index contributed by atoms with van der Waals surface area (Å²) >= 11 is 3.91. The van der Waals surface area contributed by atoms with Crippen LogP contribution in [0.3, 0.4) is 0 Å². The molecule has 0 bridgehead atoms. The maximum Gasteiger partial charge on any atom is 0.157 e. The lowest BCUT2D eigenvalue weighted by atomic mass is 9.95. The Morgan fingerprint density at radius 2 is 2.20 bits per heavy atom. The predicted molar refractivity (Wildman–Crippen MR) is 72.0 cm³/mol. The number of rotatable bonds is 2. The molecule has 0 aromatic heterocycles. The first-order valence-corrected chi connectivity index (χ1v) is 7.97. The average molecular weight is 244 g/mol. The zero-order valence-corrected chi connectivity index (χ0v) is 11.2. The Hall–Kier alpha value is 0.170. The van der Waals surface area contributed by atoms with E-state index in [1.54, 1.807) is 0 Å². The first-order valence-electron chi connectivity index (χ1n) is 5.80.